The zero-order valence-electron chi connectivity index (χ0n) is 12.6. The Morgan fingerprint density at radius 2 is 1.83 bits per heavy atom. The van der Waals surface area contributed by atoms with E-state index in [4.69, 9.17) is 4.42 Å². The lowest BCUT2D eigenvalue weighted by atomic mass is 10.1. The fourth-order valence-electron chi connectivity index (χ4n) is 2.01. The highest BCUT2D eigenvalue weighted by Crippen LogP contribution is 2.19. The predicted molar refractivity (Wildman–Crippen MR) is 80.0 cm³/mol. The summed E-state index contributed by atoms with van der Waals surface area (Å²) in [5.74, 6) is -2.59. The van der Waals surface area contributed by atoms with Crippen LogP contribution in [0.15, 0.2) is 41.0 Å². The van der Waals surface area contributed by atoms with E-state index in [9.17, 15) is 23.5 Å². The van der Waals surface area contributed by atoms with Crippen molar-refractivity contribution in [2.24, 2.45) is 0 Å². The van der Waals surface area contributed by atoms with E-state index < -0.39 is 35.1 Å². The van der Waals surface area contributed by atoms with Crippen molar-refractivity contribution in [3.63, 3.8) is 0 Å². The van der Waals surface area contributed by atoms with Crippen LogP contribution in [-0.2, 0) is 4.79 Å². The normalized spacial score (nSPS) is 11.8. The van der Waals surface area contributed by atoms with Crippen molar-refractivity contribution in [3.8, 4) is 0 Å². The first-order valence-corrected chi connectivity index (χ1v) is 7.19. The third-order valence-electron chi connectivity index (χ3n) is 3.21. The molecule has 24 heavy (non-hydrogen) atoms. The van der Waals surface area contributed by atoms with E-state index in [1.165, 1.54) is 18.4 Å². The number of carbonyl (C=O) groups is 2. The van der Waals surface area contributed by atoms with Crippen molar-refractivity contribution in [2.45, 2.75) is 12.5 Å². The Kier molecular flexibility index (Phi) is 6.02. The first kappa shape index (κ1) is 17.6. The van der Waals surface area contributed by atoms with E-state index in [-0.39, 0.29) is 25.3 Å². The molecular formula is C16H16F2N2O4. The highest BCUT2D eigenvalue weighted by Gasteiger charge is 2.18. The molecule has 1 aromatic heterocycles. The lowest BCUT2D eigenvalue weighted by Crippen LogP contribution is -2.33. The number of hydrogen-bond donors (Lipinski definition) is 3. The van der Waals surface area contributed by atoms with Crippen molar-refractivity contribution in [2.75, 3.05) is 13.1 Å². The molecule has 0 aliphatic rings. The molecule has 8 heteroatoms. The maximum absolute atomic E-state index is 13.5. The van der Waals surface area contributed by atoms with Crippen LogP contribution in [0.5, 0.6) is 0 Å². The Morgan fingerprint density at radius 3 is 2.46 bits per heavy atom. The van der Waals surface area contributed by atoms with Crippen LogP contribution in [0, 0.1) is 11.6 Å². The number of nitrogens with one attached hydrogen (secondary N) is 2. The van der Waals surface area contributed by atoms with Crippen molar-refractivity contribution < 1.29 is 27.9 Å². The van der Waals surface area contributed by atoms with Crippen LogP contribution >= 0.6 is 0 Å². The first-order valence-electron chi connectivity index (χ1n) is 7.19. The number of benzene rings is 1. The van der Waals surface area contributed by atoms with Gasteiger partial charge in [-0.3, -0.25) is 9.59 Å². The van der Waals surface area contributed by atoms with Crippen molar-refractivity contribution in [1.82, 2.24) is 10.6 Å². The molecule has 0 saturated carbocycles. The number of rotatable bonds is 7. The van der Waals surface area contributed by atoms with Crippen LogP contribution in [0.25, 0.3) is 0 Å². The summed E-state index contributed by atoms with van der Waals surface area (Å²) < 4.78 is 31.9. The zero-order valence-corrected chi connectivity index (χ0v) is 12.6. The SMILES string of the molecule is O=C(CCNC(=O)c1ccco1)NCC(O)c1c(F)cccc1F. The van der Waals surface area contributed by atoms with Crippen LogP contribution in [-0.4, -0.2) is 30.0 Å². The molecule has 1 aromatic carbocycles. The van der Waals surface area contributed by atoms with Gasteiger partial charge in [0.25, 0.3) is 5.91 Å². The second kappa shape index (κ2) is 8.21. The summed E-state index contributed by atoms with van der Waals surface area (Å²) >= 11 is 0. The van der Waals surface area contributed by atoms with Gasteiger partial charge in [0.1, 0.15) is 17.7 Å². The van der Waals surface area contributed by atoms with Gasteiger partial charge in [0.15, 0.2) is 5.76 Å². The molecular weight excluding hydrogens is 322 g/mol. The summed E-state index contributed by atoms with van der Waals surface area (Å²) in [4.78, 5) is 23.2. The Morgan fingerprint density at radius 1 is 1.12 bits per heavy atom. The quantitative estimate of drug-likeness (QED) is 0.714. The van der Waals surface area contributed by atoms with Crippen molar-refractivity contribution >= 4 is 11.8 Å². The van der Waals surface area contributed by atoms with Gasteiger partial charge in [0.05, 0.1) is 11.8 Å². The molecule has 1 unspecified atom stereocenters. The number of amides is 2. The molecule has 0 fully saturated rings. The highest BCUT2D eigenvalue weighted by atomic mass is 19.1. The van der Waals surface area contributed by atoms with Crippen molar-refractivity contribution in [3.05, 3.63) is 59.6 Å². The second-order valence-corrected chi connectivity index (χ2v) is 4.94. The van der Waals surface area contributed by atoms with Crippen LogP contribution in [0.3, 0.4) is 0 Å². The molecule has 2 amide bonds. The number of aliphatic hydroxyl groups is 1. The number of hydrogen-bond acceptors (Lipinski definition) is 4. The Hall–Kier alpha value is -2.74. The minimum Gasteiger partial charge on any atom is -0.459 e. The molecule has 6 nitrogen and oxygen atoms in total. The smallest absolute Gasteiger partial charge is 0.286 e. The number of carbonyl (C=O) groups excluding carboxylic acids is 2. The number of furan rings is 1. The number of halogens is 2. The topological polar surface area (TPSA) is 91.6 Å². The fourth-order valence-corrected chi connectivity index (χ4v) is 2.01. The van der Waals surface area contributed by atoms with Gasteiger partial charge in [-0.15, -0.1) is 0 Å². The molecule has 0 aliphatic heterocycles. The maximum Gasteiger partial charge on any atom is 0.286 e. The van der Waals surface area contributed by atoms with E-state index in [1.54, 1.807) is 6.07 Å². The third kappa shape index (κ3) is 4.63. The van der Waals surface area contributed by atoms with Gasteiger partial charge in [-0.05, 0) is 24.3 Å². The van der Waals surface area contributed by atoms with Gasteiger partial charge in [-0.2, -0.15) is 0 Å². The molecule has 128 valence electrons. The molecule has 1 heterocycles. The van der Waals surface area contributed by atoms with Crippen LogP contribution in [0.2, 0.25) is 0 Å². The molecule has 0 aliphatic carbocycles. The molecule has 0 saturated heterocycles. The van der Waals surface area contributed by atoms with Crippen LogP contribution in [0.1, 0.15) is 28.6 Å². The van der Waals surface area contributed by atoms with E-state index in [2.05, 4.69) is 10.6 Å². The average molecular weight is 338 g/mol. The van der Waals surface area contributed by atoms with Gasteiger partial charge in [-0.1, -0.05) is 6.07 Å². The standard InChI is InChI=1S/C16H16F2N2O4/c17-10-3-1-4-11(18)15(10)12(21)9-20-14(22)6-7-19-16(23)13-5-2-8-24-13/h1-5,8,12,21H,6-7,9H2,(H,19,23)(H,20,22). The van der Waals surface area contributed by atoms with E-state index >= 15 is 0 Å². The maximum atomic E-state index is 13.5. The van der Waals surface area contributed by atoms with E-state index in [1.807, 2.05) is 0 Å². The Bertz CT molecular complexity index is 684. The van der Waals surface area contributed by atoms with E-state index in [0.717, 1.165) is 12.1 Å². The second-order valence-electron chi connectivity index (χ2n) is 4.94. The summed E-state index contributed by atoms with van der Waals surface area (Å²) in [5, 5.41) is 14.6. The summed E-state index contributed by atoms with van der Waals surface area (Å²) in [6.07, 6.45) is -0.211. The molecule has 0 spiro atoms. The largest absolute Gasteiger partial charge is 0.459 e. The van der Waals surface area contributed by atoms with Gasteiger partial charge in [0, 0.05) is 19.5 Å². The van der Waals surface area contributed by atoms with Crippen LogP contribution < -0.4 is 10.6 Å². The molecule has 2 aromatic rings. The monoisotopic (exact) mass is 338 g/mol. The third-order valence-corrected chi connectivity index (χ3v) is 3.21. The lowest BCUT2D eigenvalue weighted by molar-refractivity contribution is -0.121. The van der Waals surface area contributed by atoms with E-state index in [0.29, 0.717) is 0 Å². The summed E-state index contributed by atoms with van der Waals surface area (Å²) in [6, 6.07) is 6.27. The molecule has 0 bridgehead atoms. The predicted octanol–water partition coefficient (Wildman–Crippen LogP) is 1.53. The lowest BCUT2D eigenvalue weighted by Gasteiger charge is -2.14. The summed E-state index contributed by atoms with van der Waals surface area (Å²) in [5.41, 5.74) is -0.496. The van der Waals surface area contributed by atoms with Gasteiger partial charge < -0.3 is 20.2 Å². The fraction of sp³-hybridized carbons (Fsp3) is 0.250. The minimum atomic E-state index is -1.51. The minimum absolute atomic E-state index is 0.0511. The molecule has 1 atom stereocenters. The van der Waals surface area contributed by atoms with Gasteiger partial charge in [-0.25, -0.2) is 8.78 Å². The molecule has 3 N–H and O–H groups in total. The molecule has 2 rings (SSSR count). The summed E-state index contributed by atoms with van der Waals surface area (Å²) in [6.45, 7) is -0.293. The first-order chi connectivity index (χ1) is 11.5. The number of aliphatic hydroxyl groups excluding tert-OH is 1. The zero-order chi connectivity index (χ0) is 17.5. The average Bonchev–Trinajstić information content (AvgIpc) is 3.07. The molecule has 0 radical (unpaired) electrons. The Balaban J connectivity index is 1.74. The highest BCUT2D eigenvalue weighted by molar-refractivity contribution is 5.91. The van der Waals surface area contributed by atoms with Gasteiger partial charge >= 0.3 is 0 Å². The van der Waals surface area contributed by atoms with Crippen LogP contribution in [0.4, 0.5) is 8.78 Å². The van der Waals surface area contributed by atoms with Crippen molar-refractivity contribution in [1.29, 1.82) is 0 Å². The summed E-state index contributed by atoms with van der Waals surface area (Å²) in [7, 11) is 0. The van der Waals surface area contributed by atoms with Gasteiger partial charge in [0.2, 0.25) is 5.91 Å². The Labute approximate surface area is 136 Å².